The molecule has 2 heterocycles. The zero-order valence-electron chi connectivity index (χ0n) is 16.8. The highest BCUT2D eigenvalue weighted by atomic mass is 16.5. The fourth-order valence-corrected chi connectivity index (χ4v) is 3.82. The topological polar surface area (TPSA) is 85.2 Å². The minimum Gasteiger partial charge on any atom is -0.469 e. The number of methoxy groups -OCH3 is 1. The number of nitrogens with one attached hydrogen (secondary N) is 2. The number of hydrogen-bond acceptors (Lipinski definition) is 5. The van der Waals surface area contributed by atoms with Gasteiger partial charge >= 0.3 is 5.97 Å². The molecule has 1 aromatic carbocycles. The molecule has 1 saturated heterocycles. The van der Waals surface area contributed by atoms with E-state index in [0.717, 1.165) is 48.7 Å². The van der Waals surface area contributed by atoms with Crippen LogP contribution in [0, 0.1) is 5.92 Å². The van der Waals surface area contributed by atoms with Crippen LogP contribution < -0.4 is 10.6 Å². The molecule has 1 amide bonds. The molecule has 28 heavy (non-hydrogen) atoms. The van der Waals surface area contributed by atoms with Crippen LogP contribution in [-0.4, -0.2) is 48.2 Å². The van der Waals surface area contributed by atoms with Crippen LogP contribution in [0.2, 0.25) is 0 Å². The number of esters is 1. The van der Waals surface area contributed by atoms with Gasteiger partial charge < -0.3 is 19.9 Å². The average molecular weight is 386 g/mol. The van der Waals surface area contributed by atoms with E-state index < -0.39 is 0 Å². The molecule has 0 atom stereocenters. The number of ether oxygens (including phenoxy) is 1. The summed E-state index contributed by atoms with van der Waals surface area (Å²) in [6.45, 7) is 2.54. The van der Waals surface area contributed by atoms with E-state index in [1.54, 1.807) is 6.07 Å². The number of aryl methyl sites for hydroxylation is 2. The first-order valence-corrected chi connectivity index (χ1v) is 10.1. The van der Waals surface area contributed by atoms with Crippen LogP contribution in [0.5, 0.6) is 0 Å². The Kier molecular flexibility index (Phi) is 7.03. The van der Waals surface area contributed by atoms with Crippen molar-refractivity contribution in [2.24, 2.45) is 13.0 Å². The second-order valence-electron chi connectivity index (χ2n) is 7.46. The molecule has 0 bridgehead atoms. The summed E-state index contributed by atoms with van der Waals surface area (Å²) in [5.74, 6) is 1.35. The lowest BCUT2D eigenvalue weighted by Crippen LogP contribution is -2.27. The normalized spacial score (nSPS) is 14.9. The first-order chi connectivity index (χ1) is 13.6. The molecule has 3 rings (SSSR count). The van der Waals surface area contributed by atoms with E-state index in [-0.39, 0.29) is 24.8 Å². The number of rotatable bonds is 8. The van der Waals surface area contributed by atoms with Gasteiger partial charge in [0.1, 0.15) is 5.82 Å². The lowest BCUT2D eigenvalue weighted by Gasteiger charge is -2.22. The van der Waals surface area contributed by atoms with E-state index in [1.807, 2.05) is 19.2 Å². The van der Waals surface area contributed by atoms with Crippen LogP contribution in [0.15, 0.2) is 18.2 Å². The molecule has 0 unspecified atom stereocenters. The van der Waals surface area contributed by atoms with Gasteiger partial charge in [-0.1, -0.05) is 0 Å². The van der Waals surface area contributed by atoms with Crippen LogP contribution in [0.25, 0.3) is 11.0 Å². The molecule has 1 aliphatic rings. The molecule has 152 valence electrons. The summed E-state index contributed by atoms with van der Waals surface area (Å²) in [5, 5.41) is 6.15. The summed E-state index contributed by atoms with van der Waals surface area (Å²) in [7, 11) is 3.37. The van der Waals surface area contributed by atoms with Gasteiger partial charge in [0.2, 0.25) is 0 Å². The molecule has 1 aliphatic heterocycles. The Morgan fingerprint density at radius 1 is 1.32 bits per heavy atom. The average Bonchev–Trinajstić information content (AvgIpc) is 3.03. The number of benzene rings is 1. The van der Waals surface area contributed by atoms with Gasteiger partial charge in [0.05, 0.1) is 24.6 Å². The van der Waals surface area contributed by atoms with Crippen LogP contribution in [0.4, 0.5) is 0 Å². The Balaban J connectivity index is 1.59. The number of hydrogen-bond donors (Lipinski definition) is 2. The third-order valence-electron chi connectivity index (χ3n) is 5.55. The molecule has 0 saturated carbocycles. The van der Waals surface area contributed by atoms with Crippen molar-refractivity contribution in [1.29, 1.82) is 0 Å². The zero-order valence-corrected chi connectivity index (χ0v) is 16.8. The largest absolute Gasteiger partial charge is 0.469 e. The Bertz CT molecular complexity index is 824. The Hall–Kier alpha value is -2.41. The minimum absolute atomic E-state index is 0.162. The molecule has 0 spiro atoms. The molecule has 1 fully saturated rings. The molecule has 2 aromatic rings. The molecule has 7 nitrogen and oxygen atoms in total. The van der Waals surface area contributed by atoms with Crippen molar-refractivity contribution in [2.45, 2.75) is 38.5 Å². The summed E-state index contributed by atoms with van der Waals surface area (Å²) >= 11 is 0. The van der Waals surface area contributed by atoms with E-state index >= 15 is 0 Å². The van der Waals surface area contributed by atoms with Gasteiger partial charge in [0.25, 0.3) is 5.91 Å². The first kappa shape index (κ1) is 20.3. The van der Waals surface area contributed by atoms with Crippen LogP contribution in [0.1, 0.15) is 48.3 Å². The van der Waals surface area contributed by atoms with Crippen LogP contribution in [0.3, 0.4) is 0 Å². The van der Waals surface area contributed by atoms with E-state index in [2.05, 4.69) is 19.9 Å². The molecule has 1 aromatic heterocycles. The van der Waals surface area contributed by atoms with Crippen molar-refractivity contribution in [3.05, 3.63) is 29.6 Å². The van der Waals surface area contributed by atoms with Crippen LogP contribution >= 0.6 is 0 Å². The number of fused-ring (bicyclic) bond motifs is 1. The standard InChI is InChI=1S/C21H30N4O3/c1-25-18-7-6-16(21(27)23-13-10-20(26)28-2)14-17(18)24-19(25)5-3-4-15-8-11-22-12-9-15/h6-7,14-15,22H,3-5,8-13H2,1-2H3,(H,23,27). The molecular formula is C21H30N4O3. The third kappa shape index (κ3) is 5.10. The number of piperidine rings is 1. The Morgan fingerprint density at radius 2 is 2.11 bits per heavy atom. The monoisotopic (exact) mass is 386 g/mol. The summed E-state index contributed by atoms with van der Waals surface area (Å²) in [6, 6.07) is 5.56. The van der Waals surface area contributed by atoms with Crippen molar-refractivity contribution in [2.75, 3.05) is 26.7 Å². The van der Waals surface area contributed by atoms with Gasteiger partial charge in [-0.05, 0) is 62.9 Å². The summed E-state index contributed by atoms with van der Waals surface area (Å²) < 4.78 is 6.70. The van der Waals surface area contributed by atoms with Crippen molar-refractivity contribution in [3.8, 4) is 0 Å². The number of imidazole rings is 1. The Morgan fingerprint density at radius 3 is 2.86 bits per heavy atom. The van der Waals surface area contributed by atoms with Gasteiger partial charge in [-0.25, -0.2) is 4.98 Å². The van der Waals surface area contributed by atoms with Gasteiger partial charge in [-0.15, -0.1) is 0 Å². The maximum absolute atomic E-state index is 12.3. The SMILES string of the molecule is COC(=O)CCNC(=O)c1ccc2c(c1)nc(CCCC1CCNCC1)n2C. The molecule has 0 aliphatic carbocycles. The van der Waals surface area contributed by atoms with Crippen molar-refractivity contribution < 1.29 is 14.3 Å². The maximum atomic E-state index is 12.3. The third-order valence-corrected chi connectivity index (χ3v) is 5.55. The fourth-order valence-electron chi connectivity index (χ4n) is 3.82. The zero-order chi connectivity index (χ0) is 19.9. The van der Waals surface area contributed by atoms with Gasteiger partial charge in [-0.3, -0.25) is 9.59 Å². The number of aromatic nitrogens is 2. The second-order valence-corrected chi connectivity index (χ2v) is 7.46. The first-order valence-electron chi connectivity index (χ1n) is 10.1. The molecule has 2 N–H and O–H groups in total. The van der Waals surface area contributed by atoms with E-state index in [0.29, 0.717) is 5.56 Å². The Labute approximate surface area is 165 Å². The molecule has 7 heteroatoms. The van der Waals surface area contributed by atoms with E-state index in [9.17, 15) is 9.59 Å². The van der Waals surface area contributed by atoms with Crippen LogP contribution in [-0.2, 0) is 23.0 Å². The van der Waals surface area contributed by atoms with Gasteiger partial charge in [0.15, 0.2) is 0 Å². The van der Waals surface area contributed by atoms with E-state index in [1.165, 1.54) is 26.4 Å². The van der Waals surface area contributed by atoms with Crippen molar-refractivity contribution in [1.82, 2.24) is 20.2 Å². The number of carbonyl (C=O) groups excluding carboxylic acids is 2. The predicted molar refractivity (Wildman–Crippen MR) is 108 cm³/mol. The quantitative estimate of drug-likeness (QED) is 0.680. The summed E-state index contributed by atoms with van der Waals surface area (Å²) in [6.07, 6.45) is 6.06. The highest BCUT2D eigenvalue weighted by molar-refractivity contribution is 5.97. The highest BCUT2D eigenvalue weighted by Crippen LogP contribution is 2.21. The van der Waals surface area contributed by atoms with Gasteiger partial charge in [-0.2, -0.15) is 0 Å². The molecule has 0 radical (unpaired) electrons. The maximum Gasteiger partial charge on any atom is 0.307 e. The fraction of sp³-hybridized carbons (Fsp3) is 0.571. The lowest BCUT2D eigenvalue weighted by atomic mass is 9.92. The number of nitrogens with zero attached hydrogens (tertiary/aromatic N) is 2. The minimum atomic E-state index is -0.338. The molecular weight excluding hydrogens is 356 g/mol. The number of carbonyl (C=O) groups is 2. The van der Waals surface area contributed by atoms with E-state index in [4.69, 9.17) is 4.98 Å². The second kappa shape index (κ2) is 9.68. The van der Waals surface area contributed by atoms with Crippen molar-refractivity contribution in [3.63, 3.8) is 0 Å². The lowest BCUT2D eigenvalue weighted by molar-refractivity contribution is -0.140. The predicted octanol–water partition coefficient (Wildman–Crippen LogP) is 2.19. The van der Waals surface area contributed by atoms with Crippen molar-refractivity contribution >= 4 is 22.9 Å². The smallest absolute Gasteiger partial charge is 0.307 e. The van der Waals surface area contributed by atoms with Gasteiger partial charge in [0, 0.05) is 25.6 Å². The highest BCUT2D eigenvalue weighted by Gasteiger charge is 2.15. The number of amides is 1. The summed E-state index contributed by atoms with van der Waals surface area (Å²) in [5.41, 5.74) is 2.42. The summed E-state index contributed by atoms with van der Waals surface area (Å²) in [4.78, 5) is 28.2.